The molecule has 1 rings (SSSR count). The summed E-state index contributed by atoms with van der Waals surface area (Å²) in [7, 11) is -4.45. The van der Waals surface area contributed by atoms with E-state index in [2.05, 4.69) is 5.32 Å². The van der Waals surface area contributed by atoms with Crippen LogP contribution >= 0.6 is 12.4 Å². The molecule has 0 atom stereocenters. The third-order valence-electron chi connectivity index (χ3n) is 2.77. The molecule has 0 saturated heterocycles. The van der Waals surface area contributed by atoms with Gasteiger partial charge >= 0.3 is 5.76 Å². The highest BCUT2D eigenvalue weighted by Crippen LogP contribution is 2.14. The number of carbonyl (C=O) groups excluding carboxylic acids is 1. The van der Waals surface area contributed by atoms with Gasteiger partial charge in [0.2, 0.25) is 9.84 Å². The number of amides is 1. The number of halogens is 3. The maximum absolute atomic E-state index is 12.2. The van der Waals surface area contributed by atoms with Crippen LogP contribution in [0.5, 0.6) is 0 Å². The molecule has 1 amide bonds. The molecule has 9 heteroatoms. The summed E-state index contributed by atoms with van der Waals surface area (Å²) in [5.74, 6) is -4.44. The number of hydrogen-bond acceptors (Lipinski definition) is 4. The number of nitrogens with two attached hydrogens (primary N) is 1. The zero-order valence-corrected chi connectivity index (χ0v) is 13.4. The summed E-state index contributed by atoms with van der Waals surface area (Å²) in [4.78, 5) is 11.7. The highest BCUT2D eigenvalue weighted by atomic mass is 35.5. The number of hydrogen-bond donors (Lipinski definition) is 2. The first-order valence-electron chi connectivity index (χ1n) is 6.43. The first-order valence-corrected chi connectivity index (χ1v) is 8.15. The Morgan fingerprint density at radius 3 is 2.27 bits per heavy atom. The molecule has 0 fully saturated rings. The summed E-state index contributed by atoms with van der Waals surface area (Å²) >= 11 is 0. The fourth-order valence-corrected chi connectivity index (χ4v) is 2.40. The Morgan fingerprint density at radius 1 is 1.18 bits per heavy atom. The average molecular weight is 357 g/mol. The van der Waals surface area contributed by atoms with Gasteiger partial charge in [-0.05, 0) is 37.1 Å². The zero-order valence-electron chi connectivity index (χ0n) is 11.8. The topological polar surface area (TPSA) is 89.3 Å². The van der Waals surface area contributed by atoms with Crippen LogP contribution in [0, 0.1) is 0 Å². The summed E-state index contributed by atoms with van der Waals surface area (Å²) in [6.45, 7) is 1.06. The van der Waals surface area contributed by atoms with E-state index in [9.17, 15) is 22.0 Å². The molecule has 0 aliphatic rings. The molecule has 0 spiro atoms. The molecule has 22 heavy (non-hydrogen) atoms. The lowest BCUT2D eigenvalue weighted by Crippen LogP contribution is -2.24. The Labute approximate surface area is 134 Å². The summed E-state index contributed by atoms with van der Waals surface area (Å²) in [5, 5.41) is 2.69. The third-order valence-corrected chi connectivity index (χ3v) is 4.05. The van der Waals surface area contributed by atoms with Gasteiger partial charge in [-0.15, -0.1) is 12.4 Å². The van der Waals surface area contributed by atoms with Crippen molar-refractivity contribution < 1.29 is 22.0 Å². The van der Waals surface area contributed by atoms with Crippen LogP contribution in [0.4, 0.5) is 8.78 Å². The van der Waals surface area contributed by atoms with E-state index in [1.165, 1.54) is 24.3 Å². The number of benzene rings is 1. The third kappa shape index (κ3) is 6.67. The number of carbonyl (C=O) groups is 1. The number of unbranched alkanes of at least 4 members (excludes halogenated alkanes) is 1. The SMILES string of the molecule is Cl.NCCCCNC(=O)c1ccc(CS(=O)(=O)C(F)F)cc1. The van der Waals surface area contributed by atoms with Gasteiger partial charge in [-0.2, -0.15) is 8.78 Å². The quantitative estimate of drug-likeness (QED) is 0.694. The predicted octanol–water partition coefficient (Wildman–Crippen LogP) is 1.71. The van der Waals surface area contributed by atoms with Crippen molar-refractivity contribution in [3.05, 3.63) is 35.4 Å². The first kappa shape index (κ1) is 20.8. The van der Waals surface area contributed by atoms with Crippen molar-refractivity contribution in [3.8, 4) is 0 Å². The molecule has 0 unspecified atom stereocenters. The van der Waals surface area contributed by atoms with Gasteiger partial charge < -0.3 is 11.1 Å². The maximum atomic E-state index is 12.2. The van der Waals surface area contributed by atoms with E-state index in [-0.39, 0.29) is 23.9 Å². The molecule has 0 bridgehead atoms. The van der Waals surface area contributed by atoms with Crippen LogP contribution in [0.3, 0.4) is 0 Å². The summed E-state index contributed by atoms with van der Waals surface area (Å²) in [6.07, 6.45) is 1.58. The average Bonchev–Trinajstić information content (AvgIpc) is 2.43. The van der Waals surface area contributed by atoms with E-state index >= 15 is 0 Å². The van der Waals surface area contributed by atoms with Crippen molar-refractivity contribution in [1.82, 2.24) is 5.32 Å². The Kier molecular flexibility index (Phi) is 9.15. The van der Waals surface area contributed by atoms with Gasteiger partial charge in [-0.25, -0.2) is 8.42 Å². The smallest absolute Gasteiger partial charge is 0.337 e. The van der Waals surface area contributed by atoms with Crippen LogP contribution in [-0.4, -0.2) is 33.2 Å². The second-order valence-electron chi connectivity index (χ2n) is 4.52. The van der Waals surface area contributed by atoms with Crippen LogP contribution in [-0.2, 0) is 15.6 Å². The van der Waals surface area contributed by atoms with Gasteiger partial charge in [0.15, 0.2) is 0 Å². The standard InChI is InChI=1S/C13H18F2N2O3S.ClH/c14-13(15)21(19,20)9-10-3-5-11(6-4-10)12(18)17-8-2-1-7-16;/h3-6,13H,1-2,7-9,16H2,(H,17,18);1H. The molecule has 0 aliphatic carbocycles. The lowest BCUT2D eigenvalue weighted by atomic mass is 10.1. The van der Waals surface area contributed by atoms with Gasteiger partial charge in [0.25, 0.3) is 5.91 Å². The molecule has 3 N–H and O–H groups in total. The van der Waals surface area contributed by atoms with Crippen LogP contribution in [0.25, 0.3) is 0 Å². The molecule has 5 nitrogen and oxygen atoms in total. The molecule has 0 aliphatic heterocycles. The fourth-order valence-electron chi connectivity index (χ4n) is 1.62. The highest BCUT2D eigenvalue weighted by Gasteiger charge is 2.24. The molecule has 0 radical (unpaired) electrons. The highest BCUT2D eigenvalue weighted by molar-refractivity contribution is 7.90. The lowest BCUT2D eigenvalue weighted by Gasteiger charge is -2.06. The van der Waals surface area contributed by atoms with Crippen molar-refractivity contribution in [3.63, 3.8) is 0 Å². The minimum absolute atomic E-state index is 0. The van der Waals surface area contributed by atoms with Gasteiger partial charge in [0.05, 0.1) is 5.75 Å². The Balaban J connectivity index is 0.00000441. The van der Waals surface area contributed by atoms with Crippen LogP contribution in [0.1, 0.15) is 28.8 Å². The second kappa shape index (κ2) is 9.70. The minimum Gasteiger partial charge on any atom is -0.352 e. The molecule has 0 heterocycles. The summed E-state index contributed by atoms with van der Waals surface area (Å²) < 4.78 is 46.7. The molecule has 1 aromatic carbocycles. The number of sulfone groups is 1. The molecule has 1 aromatic rings. The van der Waals surface area contributed by atoms with E-state index < -0.39 is 21.3 Å². The van der Waals surface area contributed by atoms with Gasteiger partial charge in [-0.3, -0.25) is 4.79 Å². The Bertz CT molecular complexity index is 565. The summed E-state index contributed by atoms with van der Waals surface area (Å²) in [5.41, 5.74) is 5.90. The van der Waals surface area contributed by atoms with Gasteiger partial charge in [0.1, 0.15) is 0 Å². The fraction of sp³-hybridized carbons (Fsp3) is 0.462. The number of alkyl halides is 2. The van der Waals surface area contributed by atoms with Crippen LogP contribution < -0.4 is 11.1 Å². The van der Waals surface area contributed by atoms with Crippen molar-refractivity contribution in [2.24, 2.45) is 5.73 Å². The maximum Gasteiger partial charge on any atom is 0.337 e. The van der Waals surface area contributed by atoms with Gasteiger partial charge in [0, 0.05) is 12.1 Å². The minimum atomic E-state index is -4.45. The Hall–Kier alpha value is -1.25. The summed E-state index contributed by atoms with van der Waals surface area (Å²) in [6, 6.07) is 5.53. The van der Waals surface area contributed by atoms with Crippen molar-refractivity contribution in [2.75, 3.05) is 13.1 Å². The van der Waals surface area contributed by atoms with Crippen molar-refractivity contribution >= 4 is 28.2 Å². The lowest BCUT2D eigenvalue weighted by molar-refractivity contribution is 0.0953. The van der Waals surface area contributed by atoms with E-state index in [4.69, 9.17) is 5.73 Å². The largest absolute Gasteiger partial charge is 0.352 e. The molecule has 126 valence electrons. The van der Waals surface area contributed by atoms with Gasteiger partial charge in [-0.1, -0.05) is 12.1 Å². The molecule has 0 aromatic heterocycles. The normalized spacial score (nSPS) is 11.1. The van der Waals surface area contributed by atoms with Crippen molar-refractivity contribution in [2.45, 2.75) is 24.4 Å². The van der Waals surface area contributed by atoms with E-state index in [1.54, 1.807) is 0 Å². The van der Waals surface area contributed by atoms with E-state index in [1.807, 2.05) is 0 Å². The molecule has 0 saturated carbocycles. The predicted molar refractivity (Wildman–Crippen MR) is 82.9 cm³/mol. The van der Waals surface area contributed by atoms with E-state index in [0.29, 0.717) is 18.7 Å². The second-order valence-corrected chi connectivity index (χ2v) is 6.49. The Morgan fingerprint density at radius 2 is 1.77 bits per heavy atom. The van der Waals surface area contributed by atoms with Crippen LogP contribution in [0.2, 0.25) is 0 Å². The first-order chi connectivity index (χ1) is 9.86. The molecular weight excluding hydrogens is 338 g/mol. The monoisotopic (exact) mass is 356 g/mol. The van der Waals surface area contributed by atoms with Crippen molar-refractivity contribution in [1.29, 1.82) is 0 Å². The van der Waals surface area contributed by atoms with Crippen LogP contribution in [0.15, 0.2) is 24.3 Å². The molecular formula is C13H19ClF2N2O3S. The van der Waals surface area contributed by atoms with E-state index in [0.717, 1.165) is 12.8 Å². The zero-order chi connectivity index (χ0) is 15.9. The number of nitrogens with one attached hydrogen (secondary N) is 1. The number of rotatable bonds is 8.